The first-order chi connectivity index (χ1) is 9.15. The molecule has 1 aliphatic heterocycles. The van der Waals surface area contributed by atoms with E-state index in [4.69, 9.17) is 5.73 Å². The fraction of sp³-hybridized carbons (Fsp3) is 0.615. The fourth-order valence-electron chi connectivity index (χ4n) is 2.86. The molecule has 3 N–H and O–H groups in total. The highest BCUT2D eigenvalue weighted by Gasteiger charge is 2.24. The summed E-state index contributed by atoms with van der Waals surface area (Å²) in [4.78, 5) is 10.9. The van der Waals surface area contributed by atoms with E-state index in [0.29, 0.717) is 11.6 Å². The second-order valence-electron chi connectivity index (χ2n) is 5.61. The van der Waals surface area contributed by atoms with E-state index in [1.165, 1.54) is 12.8 Å². The molecule has 1 fully saturated rings. The summed E-state index contributed by atoms with van der Waals surface area (Å²) >= 11 is 0. The molecular formula is C13H20N6. The first-order valence-corrected chi connectivity index (χ1v) is 6.86. The first kappa shape index (κ1) is 12.2. The van der Waals surface area contributed by atoms with E-state index >= 15 is 0 Å². The van der Waals surface area contributed by atoms with Gasteiger partial charge in [-0.1, -0.05) is 13.8 Å². The van der Waals surface area contributed by atoms with Gasteiger partial charge in [-0.3, -0.25) is 5.10 Å². The van der Waals surface area contributed by atoms with Gasteiger partial charge in [0, 0.05) is 13.1 Å². The number of nitrogen functional groups attached to an aromatic ring is 1. The Balaban J connectivity index is 1.87. The number of aromatic amines is 1. The van der Waals surface area contributed by atoms with Crippen LogP contribution in [0.1, 0.15) is 26.7 Å². The van der Waals surface area contributed by atoms with Gasteiger partial charge in [0.05, 0.1) is 11.6 Å². The summed E-state index contributed by atoms with van der Waals surface area (Å²) in [5.41, 5.74) is 6.49. The minimum absolute atomic E-state index is 0.303. The van der Waals surface area contributed by atoms with Crippen molar-refractivity contribution in [3.8, 4) is 0 Å². The molecule has 0 radical (unpaired) electrons. The molecule has 0 bridgehead atoms. The molecule has 3 heterocycles. The maximum atomic E-state index is 5.77. The maximum Gasteiger partial charge on any atom is 0.224 e. The number of nitrogens with two attached hydrogens (primary N) is 1. The molecule has 1 aliphatic rings. The highest BCUT2D eigenvalue weighted by atomic mass is 15.2. The molecular weight excluding hydrogens is 240 g/mol. The van der Waals surface area contributed by atoms with Crippen LogP contribution in [0.25, 0.3) is 11.0 Å². The van der Waals surface area contributed by atoms with Gasteiger partial charge in [0.15, 0.2) is 5.65 Å². The topological polar surface area (TPSA) is 83.7 Å². The molecule has 0 aromatic carbocycles. The summed E-state index contributed by atoms with van der Waals surface area (Å²) in [6.07, 6.45) is 4.19. The van der Waals surface area contributed by atoms with Crippen molar-refractivity contribution in [2.75, 3.05) is 23.7 Å². The molecule has 0 atom stereocenters. The van der Waals surface area contributed by atoms with Gasteiger partial charge in [0.2, 0.25) is 5.95 Å². The fourth-order valence-corrected chi connectivity index (χ4v) is 2.86. The summed E-state index contributed by atoms with van der Waals surface area (Å²) in [5, 5.41) is 7.85. The molecule has 0 spiro atoms. The summed E-state index contributed by atoms with van der Waals surface area (Å²) < 4.78 is 0. The van der Waals surface area contributed by atoms with E-state index in [1.807, 2.05) is 0 Å². The monoisotopic (exact) mass is 260 g/mol. The van der Waals surface area contributed by atoms with E-state index in [1.54, 1.807) is 6.20 Å². The van der Waals surface area contributed by atoms with Crippen LogP contribution in [0.15, 0.2) is 6.20 Å². The van der Waals surface area contributed by atoms with Crippen LogP contribution in [-0.4, -0.2) is 33.3 Å². The number of nitrogens with zero attached hydrogens (tertiary/aromatic N) is 4. The molecule has 0 saturated carbocycles. The van der Waals surface area contributed by atoms with Crippen LogP contribution in [0.3, 0.4) is 0 Å². The van der Waals surface area contributed by atoms with Gasteiger partial charge in [0.1, 0.15) is 5.82 Å². The third kappa shape index (κ3) is 2.22. The Morgan fingerprint density at radius 2 is 2.05 bits per heavy atom. The van der Waals surface area contributed by atoms with Crippen LogP contribution in [0.4, 0.5) is 11.8 Å². The van der Waals surface area contributed by atoms with Crippen molar-refractivity contribution >= 4 is 22.8 Å². The van der Waals surface area contributed by atoms with Crippen LogP contribution >= 0.6 is 0 Å². The molecule has 0 unspecified atom stereocenters. The third-order valence-electron chi connectivity index (χ3n) is 4.09. The number of fused-ring (bicyclic) bond motifs is 1. The van der Waals surface area contributed by atoms with Crippen LogP contribution in [0.2, 0.25) is 0 Å². The van der Waals surface area contributed by atoms with Gasteiger partial charge in [-0.15, -0.1) is 0 Å². The van der Waals surface area contributed by atoms with Crippen molar-refractivity contribution < 1.29 is 0 Å². The van der Waals surface area contributed by atoms with Crippen molar-refractivity contribution in [2.45, 2.75) is 26.7 Å². The van der Waals surface area contributed by atoms with Crippen molar-refractivity contribution in [3.63, 3.8) is 0 Å². The average molecular weight is 260 g/mol. The molecule has 3 rings (SSSR count). The van der Waals surface area contributed by atoms with Crippen LogP contribution in [0.5, 0.6) is 0 Å². The van der Waals surface area contributed by atoms with Crippen molar-refractivity contribution in [1.82, 2.24) is 20.2 Å². The smallest absolute Gasteiger partial charge is 0.224 e. The van der Waals surface area contributed by atoms with Gasteiger partial charge in [-0.25, -0.2) is 0 Å². The zero-order chi connectivity index (χ0) is 13.4. The maximum absolute atomic E-state index is 5.77. The lowest BCUT2D eigenvalue weighted by Crippen LogP contribution is -2.36. The molecule has 19 heavy (non-hydrogen) atoms. The summed E-state index contributed by atoms with van der Waals surface area (Å²) in [6, 6.07) is 0. The van der Waals surface area contributed by atoms with Crippen molar-refractivity contribution in [3.05, 3.63) is 6.20 Å². The molecule has 102 valence electrons. The molecule has 1 saturated heterocycles. The van der Waals surface area contributed by atoms with Crippen LogP contribution in [0, 0.1) is 11.8 Å². The highest BCUT2D eigenvalue weighted by molar-refractivity contribution is 5.87. The number of nitrogens with one attached hydrogen (secondary N) is 1. The van der Waals surface area contributed by atoms with Gasteiger partial charge < -0.3 is 10.6 Å². The third-order valence-corrected chi connectivity index (χ3v) is 4.09. The summed E-state index contributed by atoms with van der Waals surface area (Å²) in [7, 11) is 0. The van der Waals surface area contributed by atoms with E-state index in [2.05, 4.69) is 38.9 Å². The largest absolute Gasteiger partial charge is 0.368 e. The number of hydrogen-bond acceptors (Lipinski definition) is 5. The lowest BCUT2D eigenvalue weighted by atomic mass is 9.87. The normalized spacial score (nSPS) is 17.5. The Morgan fingerprint density at radius 3 is 2.74 bits per heavy atom. The number of rotatable bonds is 2. The quantitative estimate of drug-likeness (QED) is 0.860. The number of piperidine rings is 1. The Hall–Kier alpha value is -1.85. The standard InChI is InChI=1S/C13H20N6/c1-8(2)9-3-5-19(6-4-9)12-10-7-15-18-11(10)16-13(14)17-12/h7-9H,3-6H2,1-2H3,(H3,14,15,16,17,18). The predicted octanol–water partition coefficient (Wildman–Crippen LogP) is 1.81. The van der Waals surface area contributed by atoms with Gasteiger partial charge in [0.25, 0.3) is 0 Å². The van der Waals surface area contributed by atoms with Gasteiger partial charge in [-0.05, 0) is 24.7 Å². The Bertz CT molecular complexity index is 568. The second-order valence-corrected chi connectivity index (χ2v) is 5.61. The lowest BCUT2D eigenvalue weighted by molar-refractivity contribution is 0.311. The van der Waals surface area contributed by atoms with Crippen molar-refractivity contribution in [1.29, 1.82) is 0 Å². The van der Waals surface area contributed by atoms with E-state index in [0.717, 1.165) is 36.1 Å². The molecule has 6 heteroatoms. The summed E-state index contributed by atoms with van der Waals surface area (Å²) in [5.74, 6) is 2.79. The number of aromatic nitrogens is 4. The molecule has 0 amide bonds. The van der Waals surface area contributed by atoms with Gasteiger partial charge >= 0.3 is 0 Å². The SMILES string of the molecule is CC(C)C1CCN(c2nc(N)nc3[nH]ncc23)CC1. The predicted molar refractivity (Wildman–Crippen MR) is 75.9 cm³/mol. The first-order valence-electron chi connectivity index (χ1n) is 6.86. The molecule has 2 aromatic heterocycles. The number of H-pyrrole nitrogens is 1. The van der Waals surface area contributed by atoms with Crippen LogP contribution < -0.4 is 10.6 Å². The van der Waals surface area contributed by atoms with E-state index < -0.39 is 0 Å². The van der Waals surface area contributed by atoms with Crippen molar-refractivity contribution in [2.24, 2.45) is 11.8 Å². The van der Waals surface area contributed by atoms with E-state index in [-0.39, 0.29) is 0 Å². The lowest BCUT2D eigenvalue weighted by Gasteiger charge is -2.34. The number of hydrogen-bond donors (Lipinski definition) is 2. The zero-order valence-corrected chi connectivity index (χ0v) is 11.4. The Kier molecular flexibility index (Phi) is 3.00. The number of anilines is 2. The Morgan fingerprint density at radius 1 is 1.32 bits per heavy atom. The molecule has 6 nitrogen and oxygen atoms in total. The zero-order valence-electron chi connectivity index (χ0n) is 11.4. The minimum atomic E-state index is 0.303. The second kappa shape index (κ2) is 4.68. The van der Waals surface area contributed by atoms with Gasteiger partial charge in [-0.2, -0.15) is 15.1 Å². The molecule has 2 aromatic rings. The minimum Gasteiger partial charge on any atom is -0.368 e. The van der Waals surface area contributed by atoms with Crippen LogP contribution in [-0.2, 0) is 0 Å². The Labute approximate surface area is 112 Å². The van der Waals surface area contributed by atoms with E-state index in [9.17, 15) is 0 Å². The average Bonchev–Trinajstić information content (AvgIpc) is 2.85. The highest BCUT2D eigenvalue weighted by Crippen LogP contribution is 2.30. The summed E-state index contributed by atoms with van der Waals surface area (Å²) in [6.45, 7) is 6.66. The molecule has 0 aliphatic carbocycles.